The Balaban J connectivity index is 0.000000612. The van der Waals surface area contributed by atoms with Crippen molar-refractivity contribution in [3.8, 4) is 5.75 Å². The van der Waals surface area contributed by atoms with Crippen LogP contribution in [0.15, 0.2) is 24.3 Å². The van der Waals surface area contributed by atoms with Gasteiger partial charge in [-0.15, -0.1) is 0 Å². The van der Waals surface area contributed by atoms with Crippen molar-refractivity contribution < 1.29 is 29.3 Å². The molecule has 0 aromatic heterocycles. The van der Waals surface area contributed by atoms with Crippen LogP contribution in [0, 0.1) is 11.8 Å². The fourth-order valence-corrected chi connectivity index (χ4v) is 3.06. The van der Waals surface area contributed by atoms with Crippen LogP contribution >= 0.6 is 0 Å². The summed E-state index contributed by atoms with van der Waals surface area (Å²) in [6, 6.07) is 8.16. The van der Waals surface area contributed by atoms with Crippen molar-refractivity contribution >= 4 is 17.8 Å². The minimum atomic E-state index is -1.82. The van der Waals surface area contributed by atoms with Crippen molar-refractivity contribution in [1.82, 2.24) is 10.2 Å². The maximum Gasteiger partial charge on any atom is 0.414 e. The lowest BCUT2D eigenvalue weighted by Crippen LogP contribution is -2.40. The van der Waals surface area contributed by atoms with E-state index in [1.165, 1.54) is 5.56 Å². The number of carboxylic acids is 2. The quantitative estimate of drug-likeness (QED) is 0.592. The molecule has 0 spiro atoms. The third-order valence-electron chi connectivity index (χ3n) is 4.75. The standard InChI is InChI=1S/C19H30N2O2.C2H2O4/c1-15(2)8-11-20-19(22)16-9-12-21(13-10-16)14-17-6-4-5-7-18(17)23-3;3-1(4)2(5)6/h4-7,15-16H,8-14H2,1-3H3,(H,20,22);(H,3,4)(H,5,6). The van der Waals surface area contributed by atoms with Crippen LogP contribution in [-0.4, -0.2) is 59.7 Å². The van der Waals surface area contributed by atoms with E-state index < -0.39 is 11.9 Å². The SMILES string of the molecule is COc1ccccc1CN1CCC(C(=O)NCCC(C)C)CC1.O=C(O)C(=O)O. The first-order chi connectivity index (χ1) is 13.7. The number of nitrogens with zero attached hydrogens (tertiary/aromatic N) is 1. The second-order valence-electron chi connectivity index (χ2n) is 7.45. The molecular formula is C21H32N2O6. The number of carbonyl (C=O) groups is 3. The summed E-state index contributed by atoms with van der Waals surface area (Å²) in [7, 11) is 1.71. The largest absolute Gasteiger partial charge is 0.496 e. The summed E-state index contributed by atoms with van der Waals surface area (Å²) in [5.41, 5.74) is 1.22. The Morgan fingerprint density at radius 2 is 1.72 bits per heavy atom. The summed E-state index contributed by atoms with van der Waals surface area (Å²) in [5, 5.41) is 17.9. The number of rotatable bonds is 7. The molecule has 1 saturated heterocycles. The Hall–Kier alpha value is -2.61. The summed E-state index contributed by atoms with van der Waals surface area (Å²) in [6.07, 6.45) is 2.95. The summed E-state index contributed by atoms with van der Waals surface area (Å²) >= 11 is 0. The van der Waals surface area contributed by atoms with E-state index in [0.29, 0.717) is 5.92 Å². The third-order valence-corrected chi connectivity index (χ3v) is 4.75. The average Bonchev–Trinajstić information content (AvgIpc) is 2.69. The van der Waals surface area contributed by atoms with Crippen LogP contribution < -0.4 is 10.1 Å². The fourth-order valence-electron chi connectivity index (χ4n) is 3.06. The van der Waals surface area contributed by atoms with Gasteiger partial charge in [0.05, 0.1) is 7.11 Å². The minimum Gasteiger partial charge on any atom is -0.496 e. The Kier molecular flexibility index (Phi) is 10.8. The molecule has 0 radical (unpaired) electrons. The van der Waals surface area contributed by atoms with Crippen LogP contribution in [0.2, 0.25) is 0 Å². The van der Waals surface area contributed by atoms with Gasteiger partial charge in [0, 0.05) is 24.6 Å². The molecule has 2 rings (SSSR count). The first-order valence-electron chi connectivity index (χ1n) is 9.82. The zero-order valence-electron chi connectivity index (χ0n) is 17.4. The molecule has 0 aliphatic carbocycles. The smallest absolute Gasteiger partial charge is 0.414 e. The number of piperidine rings is 1. The van der Waals surface area contributed by atoms with Crippen LogP contribution in [0.4, 0.5) is 0 Å². The molecule has 8 nitrogen and oxygen atoms in total. The van der Waals surface area contributed by atoms with E-state index in [9.17, 15) is 4.79 Å². The number of nitrogens with one attached hydrogen (secondary N) is 1. The van der Waals surface area contributed by atoms with Gasteiger partial charge in [-0.25, -0.2) is 9.59 Å². The van der Waals surface area contributed by atoms with Gasteiger partial charge >= 0.3 is 11.9 Å². The number of likely N-dealkylation sites (tertiary alicyclic amines) is 1. The number of aliphatic carboxylic acids is 2. The van der Waals surface area contributed by atoms with E-state index in [2.05, 4.69) is 30.1 Å². The van der Waals surface area contributed by atoms with E-state index >= 15 is 0 Å². The number of methoxy groups -OCH3 is 1. The van der Waals surface area contributed by atoms with Gasteiger partial charge in [-0.05, 0) is 44.3 Å². The highest BCUT2D eigenvalue weighted by atomic mass is 16.5. The van der Waals surface area contributed by atoms with E-state index in [1.54, 1.807) is 7.11 Å². The number of hydrogen-bond donors (Lipinski definition) is 3. The molecule has 1 aliphatic rings. The van der Waals surface area contributed by atoms with Crippen molar-refractivity contribution in [3.05, 3.63) is 29.8 Å². The lowest BCUT2D eigenvalue weighted by Gasteiger charge is -2.31. The summed E-state index contributed by atoms with van der Waals surface area (Å²) < 4.78 is 5.42. The van der Waals surface area contributed by atoms with Gasteiger partial charge in [-0.1, -0.05) is 32.0 Å². The minimum absolute atomic E-state index is 0.177. The molecule has 29 heavy (non-hydrogen) atoms. The number of amides is 1. The topological polar surface area (TPSA) is 116 Å². The molecule has 1 fully saturated rings. The highest BCUT2D eigenvalue weighted by Crippen LogP contribution is 2.23. The number of ether oxygens (including phenoxy) is 1. The van der Waals surface area contributed by atoms with Gasteiger partial charge in [0.2, 0.25) is 5.91 Å². The number of hydrogen-bond acceptors (Lipinski definition) is 5. The monoisotopic (exact) mass is 408 g/mol. The summed E-state index contributed by atoms with van der Waals surface area (Å²) in [6.45, 7) is 8.01. The second kappa shape index (κ2) is 12.8. The second-order valence-corrected chi connectivity index (χ2v) is 7.45. The Labute approximate surface area is 171 Å². The molecule has 1 heterocycles. The van der Waals surface area contributed by atoms with E-state index in [4.69, 9.17) is 24.5 Å². The lowest BCUT2D eigenvalue weighted by molar-refractivity contribution is -0.159. The normalized spacial score (nSPS) is 14.6. The molecule has 3 N–H and O–H groups in total. The summed E-state index contributed by atoms with van der Waals surface area (Å²) in [4.78, 5) is 32.8. The van der Waals surface area contributed by atoms with Crippen LogP contribution in [0.3, 0.4) is 0 Å². The molecule has 0 saturated carbocycles. The molecule has 162 valence electrons. The van der Waals surface area contributed by atoms with Gasteiger partial charge in [-0.2, -0.15) is 0 Å². The molecule has 1 amide bonds. The van der Waals surface area contributed by atoms with Crippen molar-refractivity contribution in [3.63, 3.8) is 0 Å². The Morgan fingerprint density at radius 3 is 2.24 bits per heavy atom. The molecular weight excluding hydrogens is 376 g/mol. The van der Waals surface area contributed by atoms with Crippen LogP contribution in [-0.2, 0) is 20.9 Å². The first-order valence-corrected chi connectivity index (χ1v) is 9.82. The van der Waals surface area contributed by atoms with Gasteiger partial charge in [0.1, 0.15) is 5.75 Å². The van der Waals surface area contributed by atoms with Gasteiger partial charge in [-0.3, -0.25) is 9.69 Å². The summed E-state index contributed by atoms with van der Waals surface area (Å²) in [5.74, 6) is -1.65. The van der Waals surface area contributed by atoms with Crippen molar-refractivity contribution in [1.29, 1.82) is 0 Å². The zero-order valence-corrected chi connectivity index (χ0v) is 17.4. The lowest BCUT2D eigenvalue weighted by atomic mass is 9.95. The van der Waals surface area contributed by atoms with Crippen molar-refractivity contribution in [2.75, 3.05) is 26.7 Å². The molecule has 8 heteroatoms. The number of carbonyl (C=O) groups excluding carboxylic acids is 1. The Morgan fingerprint density at radius 1 is 1.14 bits per heavy atom. The highest BCUT2D eigenvalue weighted by Gasteiger charge is 2.25. The highest BCUT2D eigenvalue weighted by molar-refractivity contribution is 6.27. The number of para-hydroxylation sites is 1. The maximum absolute atomic E-state index is 12.2. The van der Waals surface area contributed by atoms with Gasteiger partial charge in [0.25, 0.3) is 0 Å². The predicted molar refractivity (Wildman–Crippen MR) is 109 cm³/mol. The molecule has 1 aliphatic heterocycles. The van der Waals surface area contributed by atoms with Gasteiger partial charge in [0.15, 0.2) is 0 Å². The van der Waals surface area contributed by atoms with E-state index in [-0.39, 0.29) is 11.8 Å². The molecule has 0 atom stereocenters. The van der Waals surface area contributed by atoms with Gasteiger partial charge < -0.3 is 20.3 Å². The van der Waals surface area contributed by atoms with Crippen LogP contribution in [0.5, 0.6) is 5.75 Å². The van der Waals surface area contributed by atoms with Crippen molar-refractivity contribution in [2.45, 2.75) is 39.7 Å². The molecule has 0 unspecified atom stereocenters. The zero-order chi connectivity index (χ0) is 21.8. The first kappa shape index (κ1) is 24.4. The van der Waals surface area contributed by atoms with Crippen LogP contribution in [0.1, 0.15) is 38.7 Å². The molecule has 1 aromatic carbocycles. The molecule has 0 bridgehead atoms. The molecule has 1 aromatic rings. The fraction of sp³-hybridized carbons (Fsp3) is 0.571. The van der Waals surface area contributed by atoms with E-state index in [0.717, 1.165) is 51.2 Å². The predicted octanol–water partition coefficient (Wildman–Crippen LogP) is 2.23. The third kappa shape index (κ3) is 9.43. The Bertz CT molecular complexity index is 657. The number of benzene rings is 1. The number of carboxylic acid groups (broad SMARTS) is 2. The maximum atomic E-state index is 12.2. The van der Waals surface area contributed by atoms with Crippen LogP contribution in [0.25, 0.3) is 0 Å². The van der Waals surface area contributed by atoms with E-state index in [1.807, 2.05) is 18.2 Å². The van der Waals surface area contributed by atoms with Crippen molar-refractivity contribution in [2.24, 2.45) is 11.8 Å². The average molecular weight is 408 g/mol.